The van der Waals surface area contributed by atoms with Gasteiger partial charge in [-0.2, -0.15) is 0 Å². The van der Waals surface area contributed by atoms with Crippen LogP contribution in [0.25, 0.3) is 0 Å². The first-order chi connectivity index (χ1) is 5.42. The van der Waals surface area contributed by atoms with Gasteiger partial charge < -0.3 is 10.3 Å². The van der Waals surface area contributed by atoms with Crippen LogP contribution in [0.1, 0.15) is 21.6 Å². The molecular weight excluding hydrogens is 140 g/mol. The van der Waals surface area contributed by atoms with E-state index in [2.05, 4.69) is 10.3 Å². The summed E-state index contributed by atoms with van der Waals surface area (Å²) in [6.07, 6.45) is 3.77. The maximum Gasteiger partial charge on any atom is 0.166 e. The lowest BCUT2D eigenvalue weighted by atomic mass is 10.0. The number of nitrogens with one attached hydrogen (secondary N) is 2. The number of aromatic nitrogens is 1. The van der Waals surface area contributed by atoms with E-state index in [9.17, 15) is 4.79 Å². The molecule has 0 spiro atoms. The number of rotatable bonds is 1. The molecular formula is C8H10N2O. The molecule has 2 heterocycles. The molecule has 1 aromatic heterocycles. The normalized spacial score (nSPS) is 16.0. The molecule has 1 aromatic rings. The van der Waals surface area contributed by atoms with Crippen molar-refractivity contribution < 1.29 is 4.79 Å². The summed E-state index contributed by atoms with van der Waals surface area (Å²) in [5.41, 5.74) is 3.18. The van der Waals surface area contributed by atoms with Gasteiger partial charge in [0.15, 0.2) is 6.29 Å². The van der Waals surface area contributed by atoms with Crippen LogP contribution in [0.3, 0.4) is 0 Å². The van der Waals surface area contributed by atoms with E-state index in [1.165, 1.54) is 11.1 Å². The molecule has 0 aromatic carbocycles. The smallest absolute Gasteiger partial charge is 0.166 e. The third-order valence-corrected chi connectivity index (χ3v) is 2.10. The lowest BCUT2D eigenvalue weighted by Crippen LogP contribution is -2.22. The Morgan fingerprint density at radius 3 is 3.27 bits per heavy atom. The Bertz CT molecular complexity index is 278. The van der Waals surface area contributed by atoms with Crippen molar-refractivity contribution in [1.82, 2.24) is 10.3 Å². The number of carbonyl (C=O) groups excluding carboxylic acids is 1. The minimum absolute atomic E-state index is 0.751. The average molecular weight is 150 g/mol. The lowest BCUT2D eigenvalue weighted by molar-refractivity contribution is 0.111. The fourth-order valence-corrected chi connectivity index (χ4v) is 1.51. The number of hydrogen-bond acceptors (Lipinski definition) is 2. The molecule has 0 saturated carbocycles. The van der Waals surface area contributed by atoms with Crippen molar-refractivity contribution >= 4 is 6.29 Å². The lowest BCUT2D eigenvalue weighted by Gasteiger charge is -2.12. The zero-order chi connectivity index (χ0) is 7.68. The van der Waals surface area contributed by atoms with Crippen molar-refractivity contribution in [2.45, 2.75) is 13.0 Å². The fourth-order valence-electron chi connectivity index (χ4n) is 1.51. The third kappa shape index (κ3) is 0.973. The Balaban J connectivity index is 2.45. The third-order valence-electron chi connectivity index (χ3n) is 2.10. The molecule has 0 saturated heterocycles. The summed E-state index contributed by atoms with van der Waals surface area (Å²) in [7, 11) is 0. The van der Waals surface area contributed by atoms with E-state index >= 15 is 0 Å². The van der Waals surface area contributed by atoms with Crippen LogP contribution in [0.5, 0.6) is 0 Å². The van der Waals surface area contributed by atoms with Crippen LogP contribution in [0.2, 0.25) is 0 Å². The summed E-state index contributed by atoms with van der Waals surface area (Å²) in [5, 5.41) is 3.24. The van der Waals surface area contributed by atoms with E-state index < -0.39 is 0 Å². The van der Waals surface area contributed by atoms with Crippen LogP contribution in [0.4, 0.5) is 0 Å². The molecule has 2 N–H and O–H groups in total. The molecule has 0 bridgehead atoms. The molecule has 3 nitrogen and oxygen atoms in total. The van der Waals surface area contributed by atoms with Crippen LogP contribution < -0.4 is 5.32 Å². The van der Waals surface area contributed by atoms with Crippen LogP contribution in [-0.4, -0.2) is 17.8 Å². The Hall–Kier alpha value is -1.09. The average Bonchev–Trinajstić information content (AvgIpc) is 2.47. The van der Waals surface area contributed by atoms with Gasteiger partial charge in [0.1, 0.15) is 0 Å². The standard InChI is InChI=1S/C8H10N2O/c11-5-8-7-1-2-9-3-6(7)4-10-8/h4-5,9-10H,1-3H2. The van der Waals surface area contributed by atoms with E-state index in [1.54, 1.807) is 0 Å². The largest absolute Gasteiger partial charge is 0.358 e. The first-order valence-corrected chi connectivity index (χ1v) is 3.77. The van der Waals surface area contributed by atoms with Crippen molar-refractivity contribution in [2.75, 3.05) is 6.54 Å². The molecule has 11 heavy (non-hydrogen) atoms. The minimum Gasteiger partial charge on any atom is -0.358 e. The highest BCUT2D eigenvalue weighted by Gasteiger charge is 2.13. The van der Waals surface area contributed by atoms with E-state index in [1.807, 2.05) is 6.20 Å². The quantitative estimate of drug-likeness (QED) is 0.572. The van der Waals surface area contributed by atoms with Gasteiger partial charge >= 0.3 is 0 Å². The molecule has 1 aliphatic rings. The van der Waals surface area contributed by atoms with Crippen molar-refractivity contribution in [2.24, 2.45) is 0 Å². The van der Waals surface area contributed by atoms with E-state index in [-0.39, 0.29) is 0 Å². The predicted molar refractivity (Wildman–Crippen MR) is 41.6 cm³/mol. The van der Waals surface area contributed by atoms with Crippen molar-refractivity contribution in [3.05, 3.63) is 23.0 Å². The molecule has 0 atom stereocenters. The fraction of sp³-hybridized carbons (Fsp3) is 0.375. The minimum atomic E-state index is 0.751. The van der Waals surface area contributed by atoms with Crippen LogP contribution >= 0.6 is 0 Å². The molecule has 1 aliphatic heterocycles. The van der Waals surface area contributed by atoms with Gasteiger partial charge in [0.2, 0.25) is 0 Å². The highest BCUT2D eigenvalue weighted by atomic mass is 16.1. The number of aromatic amines is 1. The summed E-state index contributed by atoms with van der Waals surface area (Å²) in [5.74, 6) is 0. The van der Waals surface area contributed by atoms with Gasteiger partial charge in [-0.1, -0.05) is 0 Å². The Labute approximate surface area is 64.8 Å². The first-order valence-electron chi connectivity index (χ1n) is 3.77. The SMILES string of the molecule is O=Cc1[nH]cc2c1CCNC2. The van der Waals surface area contributed by atoms with Gasteiger partial charge in [-0.15, -0.1) is 0 Å². The summed E-state index contributed by atoms with van der Waals surface area (Å²) in [6.45, 7) is 1.87. The van der Waals surface area contributed by atoms with Crippen LogP contribution in [0, 0.1) is 0 Å². The van der Waals surface area contributed by atoms with Crippen molar-refractivity contribution in [3.8, 4) is 0 Å². The Morgan fingerprint density at radius 1 is 1.55 bits per heavy atom. The monoisotopic (exact) mass is 150 g/mol. The van der Waals surface area contributed by atoms with Gasteiger partial charge in [0.25, 0.3) is 0 Å². The molecule has 0 aliphatic carbocycles. The molecule has 58 valence electrons. The summed E-state index contributed by atoms with van der Waals surface area (Å²) in [6, 6.07) is 0. The van der Waals surface area contributed by atoms with Crippen molar-refractivity contribution in [1.29, 1.82) is 0 Å². The first kappa shape index (κ1) is 6.61. The van der Waals surface area contributed by atoms with E-state index in [4.69, 9.17) is 0 Å². The van der Waals surface area contributed by atoms with Gasteiger partial charge in [-0.3, -0.25) is 4.79 Å². The van der Waals surface area contributed by atoms with Gasteiger partial charge in [-0.25, -0.2) is 0 Å². The number of carbonyl (C=O) groups is 1. The van der Waals surface area contributed by atoms with Crippen LogP contribution in [-0.2, 0) is 13.0 Å². The van der Waals surface area contributed by atoms with Crippen LogP contribution in [0.15, 0.2) is 6.20 Å². The van der Waals surface area contributed by atoms with Gasteiger partial charge in [-0.05, 0) is 24.1 Å². The zero-order valence-corrected chi connectivity index (χ0v) is 6.18. The van der Waals surface area contributed by atoms with E-state index in [0.29, 0.717) is 0 Å². The van der Waals surface area contributed by atoms with Crippen molar-refractivity contribution in [3.63, 3.8) is 0 Å². The summed E-state index contributed by atoms with van der Waals surface area (Å²) < 4.78 is 0. The maximum atomic E-state index is 10.5. The maximum absolute atomic E-state index is 10.5. The number of aldehydes is 1. The van der Waals surface area contributed by atoms with Gasteiger partial charge in [0.05, 0.1) is 5.69 Å². The van der Waals surface area contributed by atoms with E-state index in [0.717, 1.165) is 31.5 Å². The molecule has 2 rings (SSSR count). The number of fused-ring (bicyclic) bond motifs is 1. The molecule has 0 amide bonds. The predicted octanol–water partition coefficient (Wildman–Crippen LogP) is 0.473. The Morgan fingerprint density at radius 2 is 2.45 bits per heavy atom. The second kappa shape index (κ2) is 2.51. The summed E-state index contributed by atoms with van der Waals surface area (Å²) >= 11 is 0. The number of hydrogen-bond donors (Lipinski definition) is 2. The molecule has 3 heteroatoms. The highest BCUT2D eigenvalue weighted by Crippen LogP contribution is 2.15. The second-order valence-electron chi connectivity index (χ2n) is 2.75. The summed E-state index contributed by atoms with van der Waals surface area (Å²) in [4.78, 5) is 13.4. The highest BCUT2D eigenvalue weighted by molar-refractivity contribution is 5.75. The molecule has 0 radical (unpaired) electrons. The number of H-pyrrole nitrogens is 1. The Kier molecular flexibility index (Phi) is 1.51. The molecule has 0 unspecified atom stereocenters. The molecule has 0 fully saturated rings. The topological polar surface area (TPSA) is 44.9 Å². The zero-order valence-electron chi connectivity index (χ0n) is 6.18. The van der Waals surface area contributed by atoms with Gasteiger partial charge in [0, 0.05) is 12.7 Å². The second-order valence-corrected chi connectivity index (χ2v) is 2.75.